The van der Waals surface area contributed by atoms with E-state index in [1.807, 2.05) is 18.4 Å². The first kappa shape index (κ1) is 16.0. The van der Waals surface area contributed by atoms with E-state index in [-0.39, 0.29) is 12.6 Å². The molecule has 0 spiro atoms. The zero-order chi connectivity index (χ0) is 14.4. The predicted molar refractivity (Wildman–Crippen MR) is 78.3 cm³/mol. The number of nitrogens with one attached hydrogen (secondary N) is 1. The third kappa shape index (κ3) is 4.83. The summed E-state index contributed by atoms with van der Waals surface area (Å²) >= 11 is 4.95. The molecule has 1 heterocycles. The minimum atomic E-state index is -0.896. The van der Waals surface area contributed by atoms with Gasteiger partial charge in [-0.2, -0.15) is 0 Å². The number of thiophene rings is 1. The van der Waals surface area contributed by atoms with Crippen molar-refractivity contribution in [2.75, 3.05) is 13.1 Å². The van der Waals surface area contributed by atoms with Gasteiger partial charge in [0.15, 0.2) is 0 Å². The SMILES string of the molecule is CCN(CC(C)C(=O)O)C(=O)NCc1sccc1Br. The monoisotopic (exact) mass is 348 g/mol. The molecular formula is C12H17BrN2O3S. The summed E-state index contributed by atoms with van der Waals surface area (Å²) in [5, 5.41) is 13.6. The van der Waals surface area contributed by atoms with Gasteiger partial charge in [-0.05, 0) is 34.3 Å². The van der Waals surface area contributed by atoms with Crippen molar-refractivity contribution < 1.29 is 14.7 Å². The fourth-order valence-electron chi connectivity index (χ4n) is 1.48. The highest BCUT2D eigenvalue weighted by atomic mass is 79.9. The number of carboxylic acid groups (broad SMARTS) is 1. The molecule has 0 saturated heterocycles. The van der Waals surface area contributed by atoms with E-state index in [1.54, 1.807) is 18.3 Å². The van der Waals surface area contributed by atoms with Crippen molar-refractivity contribution in [3.05, 3.63) is 20.8 Å². The van der Waals surface area contributed by atoms with Gasteiger partial charge in [-0.3, -0.25) is 4.79 Å². The van der Waals surface area contributed by atoms with Crippen molar-refractivity contribution >= 4 is 39.3 Å². The molecule has 1 aromatic heterocycles. The second-order valence-corrected chi connectivity index (χ2v) is 5.98. The fourth-order valence-corrected chi connectivity index (χ4v) is 2.92. The highest BCUT2D eigenvalue weighted by molar-refractivity contribution is 9.10. The van der Waals surface area contributed by atoms with Gasteiger partial charge in [-0.1, -0.05) is 6.92 Å². The quantitative estimate of drug-likeness (QED) is 0.830. The molecule has 0 aliphatic heterocycles. The molecule has 0 saturated carbocycles. The topological polar surface area (TPSA) is 69.6 Å². The van der Waals surface area contributed by atoms with E-state index in [1.165, 1.54) is 4.90 Å². The number of nitrogens with zero attached hydrogens (tertiary/aromatic N) is 1. The third-order valence-corrected chi connectivity index (χ3v) is 4.60. The first-order valence-electron chi connectivity index (χ1n) is 5.93. The molecule has 1 unspecified atom stereocenters. The molecule has 2 N–H and O–H groups in total. The Balaban J connectivity index is 2.50. The van der Waals surface area contributed by atoms with Crippen LogP contribution in [0.2, 0.25) is 0 Å². The van der Waals surface area contributed by atoms with Crippen molar-refractivity contribution in [2.45, 2.75) is 20.4 Å². The van der Waals surface area contributed by atoms with Crippen LogP contribution in [0.1, 0.15) is 18.7 Å². The molecule has 1 rings (SSSR count). The molecule has 5 nitrogen and oxygen atoms in total. The highest BCUT2D eigenvalue weighted by Crippen LogP contribution is 2.22. The Morgan fingerprint density at radius 1 is 1.58 bits per heavy atom. The number of hydrogen-bond acceptors (Lipinski definition) is 3. The number of carboxylic acids is 1. The zero-order valence-electron chi connectivity index (χ0n) is 10.9. The number of carbonyl (C=O) groups is 2. The summed E-state index contributed by atoms with van der Waals surface area (Å²) in [5.74, 6) is -1.47. The number of rotatable bonds is 6. The molecule has 0 aliphatic carbocycles. The zero-order valence-corrected chi connectivity index (χ0v) is 13.3. The molecule has 0 bridgehead atoms. The lowest BCUT2D eigenvalue weighted by Crippen LogP contribution is -2.42. The van der Waals surface area contributed by atoms with Crippen LogP contribution in [0.5, 0.6) is 0 Å². The van der Waals surface area contributed by atoms with E-state index in [2.05, 4.69) is 21.2 Å². The van der Waals surface area contributed by atoms with E-state index < -0.39 is 11.9 Å². The van der Waals surface area contributed by atoms with Crippen LogP contribution < -0.4 is 5.32 Å². The maximum Gasteiger partial charge on any atom is 0.317 e. The lowest BCUT2D eigenvalue weighted by Gasteiger charge is -2.23. The van der Waals surface area contributed by atoms with Gasteiger partial charge in [-0.25, -0.2) is 4.79 Å². The molecule has 1 aromatic rings. The first-order valence-corrected chi connectivity index (χ1v) is 7.60. The third-order valence-electron chi connectivity index (χ3n) is 2.68. The smallest absolute Gasteiger partial charge is 0.317 e. The molecule has 0 aliphatic rings. The molecule has 0 fully saturated rings. The van der Waals surface area contributed by atoms with E-state index in [0.717, 1.165) is 9.35 Å². The maximum absolute atomic E-state index is 12.0. The number of amides is 2. The van der Waals surface area contributed by atoms with Gasteiger partial charge in [0, 0.05) is 22.4 Å². The molecule has 7 heteroatoms. The average Bonchev–Trinajstić information content (AvgIpc) is 2.78. The Kier molecular flexibility index (Phi) is 6.30. The van der Waals surface area contributed by atoms with E-state index in [9.17, 15) is 9.59 Å². The summed E-state index contributed by atoms with van der Waals surface area (Å²) in [7, 11) is 0. The van der Waals surface area contributed by atoms with Crippen LogP contribution in [0, 0.1) is 5.92 Å². The second-order valence-electron chi connectivity index (χ2n) is 4.13. The Hall–Kier alpha value is -1.08. The van der Waals surface area contributed by atoms with Crippen LogP contribution in [-0.2, 0) is 11.3 Å². The molecular weight excluding hydrogens is 332 g/mol. The van der Waals surface area contributed by atoms with Gasteiger partial charge in [0.1, 0.15) is 0 Å². The lowest BCUT2D eigenvalue weighted by molar-refractivity contribution is -0.141. The molecule has 0 aromatic carbocycles. The molecule has 106 valence electrons. The molecule has 0 radical (unpaired) electrons. The van der Waals surface area contributed by atoms with Gasteiger partial charge in [0.05, 0.1) is 12.5 Å². The van der Waals surface area contributed by atoms with Crippen molar-refractivity contribution in [1.29, 1.82) is 0 Å². The van der Waals surface area contributed by atoms with Crippen molar-refractivity contribution in [2.24, 2.45) is 5.92 Å². The summed E-state index contributed by atoms with van der Waals surface area (Å²) < 4.78 is 0.972. The van der Waals surface area contributed by atoms with Crippen LogP contribution in [0.15, 0.2) is 15.9 Å². The number of carbonyl (C=O) groups excluding carboxylic acids is 1. The highest BCUT2D eigenvalue weighted by Gasteiger charge is 2.19. The predicted octanol–water partition coefficient (Wildman–Crippen LogP) is 2.76. The van der Waals surface area contributed by atoms with Crippen LogP contribution in [0.4, 0.5) is 4.79 Å². The van der Waals surface area contributed by atoms with Crippen molar-refractivity contribution in [3.63, 3.8) is 0 Å². The standard InChI is InChI=1S/C12H17BrN2O3S/c1-3-15(7-8(2)11(16)17)12(18)14-6-10-9(13)4-5-19-10/h4-5,8H,3,6-7H2,1-2H3,(H,14,18)(H,16,17). The average molecular weight is 349 g/mol. The van der Waals surface area contributed by atoms with Crippen molar-refractivity contribution in [3.8, 4) is 0 Å². The largest absolute Gasteiger partial charge is 0.481 e. The summed E-state index contributed by atoms with van der Waals surface area (Å²) in [6.45, 7) is 4.55. The van der Waals surface area contributed by atoms with Gasteiger partial charge in [-0.15, -0.1) is 11.3 Å². The van der Waals surface area contributed by atoms with Crippen LogP contribution in [0.3, 0.4) is 0 Å². The van der Waals surface area contributed by atoms with Crippen LogP contribution in [0.25, 0.3) is 0 Å². The maximum atomic E-state index is 12.0. The van der Waals surface area contributed by atoms with Gasteiger partial charge in [0.25, 0.3) is 0 Å². The van der Waals surface area contributed by atoms with Crippen molar-refractivity contribution in [1.82, 2.24) is 10.2 Å². The first-order chi connectivity index (χ1) is 8.95. The lowest BCUT2D eigenvalue weighted by atomic mass is 10.2. The minimum absolute atomic E-state index is 0.212. The molecule has 2 amide bonds. The summed E-state index contributed by atoms with van der Waals surface area (Å²) in [6.07, 6.45) is 0. The van der Waals surface area contributed by atoms with E-state index in [4.69, 9.17) is 5.11 Å². The normalized spacial score (nSPS) is 11.9. The van der Waals surface area contributed by atoms with Crippen LogP contribution in [-0.4, -0.2) is 35.1 Å². The minimum Gasteiger partial charge on any atom is -0.481 e. The number of halogens is 1. The van der Waals surface area contributed by atoms with Crippen LogP contribution >= 0.6 is 27.3 Å². The number of urea groups is 1. The summed E-state index contributed by atoms with van der Waals surface area (Å²) in [5.41, 5.74) is 0. The van der Waals surface area contributed by atoms with Gasteiger partial charge < -0.3 is 15.3 Å². The van der Waals surface area contributed by atoms with Gasteiger partial charge in [0.2, 0.25) is 0 Å². The van der Waals surface area contributed by atoms with E-state index >= 15 is 0 Å². The number of hydrogen-bond donors (Lipinski definition) is 2. The Morgan fingerprint density at radius 2 is 2.26 bits per heavy atom. The summed E-state index contributed by atoms with van der Waals surface area (Å²) in [4.78, 5) is 25.3. The fraction of sp³-hybridized carbons (Fsp3) is 0.500. The molecule has 1 atom stereocenters. The Morgan fingerprint density at radius 3 is 2.74 bits per heavy atom. The Bertz CT molecular complexity index is 450. The summed E-state index contributed by atoms with van der Waals surface area (Å²) in [6, 6.07) is 1.69. The van der Waals surface area contributed by atoms with E-state index in [0.29, 0.717) is 13.1 Å². The second kappa shape index (κ2) is 7.49. The van der Waals surface area contributed by atoms with Gasteiger partial charge >= 0.3 is 12.0 Å². The number of aliphatic carboxylic acids is 1. The molecule has 19 heavy (non-hydrogen) atoms. The Labute approximate surface area is 124 Å².